The molecule has 0 aliphatic carbocycles. The van der Waals surface area contributed by atoms with Crippen LogP contribution >= 0.6 is 0 Å². The third kappa shape index (κ3) is 2.61. The zero-order chi connectivity index (χ0) is 14.8. The minimum atomic E-state index is -1.08. The van der Waals surface area contributed by atoms with E-state index in [0.29, 0.717) is 37.4 Å². The molecule has 21 heavy (non-hydrogen) atoms. The zero-order valence-corrected chi connectivity index (χ0v) is 11.3. The highest BCUT2D eigenvalue weighted by molar-refractivity contribution is 5.95. The van der Waals surface area contributed by atoms with Crippen molar-refractivity contribution in [2.45, 2.75) is 12.6 Å². The molecule has 3 rings (SSSR count). The quantitative estimate of drug-likeness (QED) is 0.926. The largest absolute Gasteiger partial charge is 0.475 e. The summed E-state index contributed by atoms with van der Waals surface area (Å²) in [5.74, 6) is -1.11. The van der Waals surface area contributed by atoms with E-state index in [4.69, 9.17) is 14.4 Å². The molecule has 1 atom stereocenters. The first-order valence-corrected chi connectivity index (χ1v) is 6.66. The maximum Gasteiger partial charge on any atom is 0.372 e. The average Bonchev–Trinajstić information content (AvgIpc) is 2.87. The number of furan rings is 1. The molecule has 6 heteroatoms. The van der Waals surface area contributed by atoms with Crippen LogP contribution in [-0.2, 0) is 11.3 Å². The number of hydrogen-bond acceptors (Lipinski definition) is 5. The van der Waals surface area contributed by atoms with Gasteiger partial charge in [-0.1, -0.05) is 18.2 Å². The Hall–Kier alpha value is -2.36. The number of carboxylic acid groups (broad SMARTS) is 1. The Labute approximate surface area is 121 Å². The van der Waals surface area contributed by atoms with Crippen LogP contribution in [0.1, 0.15) is 16.1 Å². The van der Waals surface area contributed by atoms with E-state index in [2.05, 4.69) is 6.07 Å². The molecule has 1 aliphatic rings. The van der Waals surface area contributed by atoms with E-state index in [1.54, 1.807) is 6.07 Å². The van der Waals surface area contributed by atoms with E-state index >= 15 is 0 Å². The predicted molar refractivity (Wildman–Crippen MR) is 73.8 cm³/mol. The van der Waals surface area contributed by atoms with Crippen molar-refractivity contribution in [3.8, 4) is 6.07 Å². The van der Waals surface area contributed by atoms with Crippen molar-refractivity contribution in [3.63, 3.8) is 0 Å². The fourth-order valence-corrected chi connectivity index (χ4v) is 2.58. The van der Waals surface area contributed by atoms with Crippen LogP contribution in [0.2, 0.25) is 0 Å². The van der Waals surface area contributed by atoms with Crippen molar-refractivity contribution in [2.75, 3.05) is 19.7 Å². The fraction of sp³-hybridized carbons (Fsp3) is 0.333. The molecular formula is C15H14N2O4. The summed E-state index contributed by atoms with van der Waals surface area (Å²) < 4.78 is 10.7. The van der Waals surface area contributed by atoms with Crippen molar-refractivity contribution in [1.29, 1.82) is 5.26 Å². The lowest BCUT2D eigenvalue weighted by molar-refractivity contribution is -0.00277. The summed E-state index contributed by atoms with van der Waals surface area (Å²) >= 11 is 0. The molecule has 1 unspecified atom stereocenters. The lowest BCUT2D eigenvalue weighted by Crippen LogP contribution is -2.41. The third-order valence-electron chi connectivity index (χ3n) is 3.57. The monoisotopic (exact) mass is 286 g/mol. The second kappa shape index (κ2) is 5.56. The second-order valence-electron chi connectivity index (χ2n) is 4.93. The van der Waals surface area contributed by atoms with Crippen molar-refractivity contribution >= 4 is 16.9 Å². The Kier molecular flexibility index (Phi) is 3.60. The number of morpholine rings is 1. The summed E-state index contributed by atoms with van der Waals surface area (Å²) in [6.07, 6.45) is -0.467. The van der Waals surface area contributed by atoms with E-state index < -0.39 is 12.1 Å². The number of para-hydroxylation sites is 1. The van der Waals surface area contributed by atoms with Crippen LogP contribution in [-0.4, -0.2) is 41.8 Å². The van der Waals surface area contributed by atoms with Gasteiger partial charge < -0.3 is 14.3 Å². The lowest BCUT2D eigenvalue weighted by Gasteiger charge is -2.29. The summed E-state index contributed by atoms with van der Waals surface area (Å²) in [7, 11) is 0. The molecular weight excluding hydrogens is 272 g/mol. The Balaban J connectivity index is 1.94. The van der Waals surface area contributed by atoms with Crippen molar-refractivity contribution < 1.29 is 19.1 Å². The molecule has 2 aromatic rings. The number of nitrogens with zero attached hydrogens (tertiary/aromatic N) is 2. The van der Waals surface area contributed by atoms with E-state index in [-0.39, 0.29) is 5.76 Å². The summed E-state index contributed by atoms with van der Waals surface area (Å²) in [4.78, 5) is 13.4. The first-order valence-electron chi connectivity index (χ1n) is 6.66. The van der Waals surface area contributed by atoms with Crippen LogP contribution in [0, 0.1) is 11.3 Å². The van der Waals surface area contributed by atoms with Crippen LogP contribution in [0.15, 0.2) is 28.7 Å². The van der Waals surface area contributed by atoms with Gasteiger partial charge in [0.15, 0.2) is 6.10 Å². The average molecular weight is 286 g/mol. The van der Waals surface area contributed by atoms with Gasteiger partial charge in [0.05, 0.1) is 12.7 Å². The highest BCUT2D eigenvalue weighted by atomic mass is 16.5. The molecule has 6 nitrogen and oxygen atoms in total. The molecule has 0 amide bonds. The predicted octanol–water partition coefficient (Wildman–Crippen LogP) is 1.86. The van der Waals surface area contributed by atoms with Crippen LogP contribution < -0.4 is 0 Å². The number of carbonyl (C=O) groups is 1. The van der Waals surface area contributed by atoms with E-state index in [9.17, 15) is 9.90 Å². The van der Waals surface area contributed by atoms with Crippen LogP contribution in [0.25, 0.3) is 11.0 Å². The summed E-state index contributed by atoms with van der Waals surface area (Å²) in [6, 6.07) is 9.35. The van der Waals surface area contributed by atoms with Gasteiger partial charge in [0.25, 0.3) is 0 Å². The van der Waals surface area contributed by atoms with E-state index in [0.717, 1.165) is 5.39 Å². The van der Waals surface area contributed by atoms with Crippen LogP contribution in [0.5, 0.6) is 0 Å². The number of hydrogen-bond donors (Lipinski definition) is 1. The van der Waals surface area contributed by atoms with Crippen LogP contribution in [0.4, 0.5) is 0 Å². The molecule has 0 saturated carbocycles. The minimum absolute atomic E-state index is 0.0313. The maximum atomic E-state index is 11.4. The summed E-state index contributed by atoms with van der Waals surface area (Å²) in [6.45, 7) is 2.03. The van der Waals surface area contributed by atoms with Gasteiger partial charge >= 0.3 is 5.97 Å². The number of nitriles is 1. The molecule has 1 saturated heterocycles. The minimum Gasteiger partial charge on any atom is -0.475 e. The topological polar surface area (TPSA) is 86.7 Å². The van der Waals surface area contributed by atoms with E-state index in [1.807, 2.05) is 23.1 Å². The SMILES string of the molecule is N#CC1CN(Cc2c(C(=O)O)oc3ccccc23)CCO1. The molecule has 2 heterocycles. The third-order valence-corrected chi connectivity index (χ3v) is 3.57. The Morgan fingerprint density at radius 3 is 3.05 bits per heavy atom. The first kappa shape index (κ1) is 13.6. The van der Waals surface area contributed by atoms with Crippen LogP contribution in [0.3, 0.4) is 0 Å². The maximum absolute atomic E-state index is 11.4. The van der Waals surface area contributed by atoms with Crippen molar-refractivity contribution in [1.82, 2.24) is 4.90 Å². The highest BCUT2D eigenvalue weighted by Crippen LogP contribution is 2.27. The van der Waals surface area contributed by atoms with Gasteiger partial charge in [-0.2, -0.15) is 5.26 Å². The number of fused-ring (bicyclic) bond motifs is 1. The van der Waals surface area contributed by atoms with Crippen molar-refractivity contribution in [2.24, 2.45) is 0 Å². The van der Waals surface area contributed by atoms with Gasteiger partial charge in [0.2, 0.25) is 5.76 Å². The smallest absolute Gasteiger partial charge is 0.372 e. The Morgan fingerprint density at radius 1 is 1.48 bits per heavy atom. The number of benzene rings is 1. The number of aromatic carboxylic acids is 1. The standard InChI is InChI=1S/C15H14N2O4/c16-7-10-8-17(5-6-20-10)9-12-11-3-1-2-4-13(11)21-14(12)15(18)19/h1-4,10H,5-6,8-9H2,(H,18,19). The second-order valence-corrected chi connectivity index (χ2v) is 4.93. The molecule has 108 valence electrons. The molecule has 1 aromatic heterocycles. The number of carboxylic acids is 1. The fourth-order valence-electron chi connectivity index (χ4n) is 2.58. The lowest BCUT2D eigenvalue weighted by atomic mass is 10.1. The van der Waals surface area contributed by atoms with Gasteiger partial charge in [-0.05, 0) is 6.07 Å². The molecule has 0 spiro atoms. The number of rotatable bonds is 3. The summed E-state index contributed by atoms with van der Waals surface area (Å²) in [5, 5.41) is 19.0. The van der Waals surface area contributed by atoms with Gasteiger partial charge in [0.1, 0.15) is 5.58 Å². The molecule has 1 aromatic carbocycles. The molecule has 1 fully saturated rings. The number of ether oxygens (including phenoxy) is 1. The summed E-state index contributed by atoms with van der Waals surface area (Å²) in [5.41, 5.74) is 1.21. The Bertz CT molecular complexity index is 716. The molecule has 1 N–H and O–H groups in total. The van der Waals surface area contributed by atoms with Gasteiger partial charge in [-0.3, -0.25) is 4.90 Å². The van der Waals surface area contributed by atoms with Gasteiger partial charge in [-0.15, -0.1) is 0 Å². The normalized spacial score (nSPS) is 19.5. The molecule has 0 radical (unpaired) electrons. The van der Waals surface area contributed by atoms with Crippen molar-refractivity contribution in [3.05, 3.63) is 35.6 Å². The highest BCUT2D eigenvalue weighted by Gasteiger charge is 2.25. The Morgan fingerprint density at radius 2 is 2.29 bits per heavy atom. The van der Waals surface area contributed by atoms with Gasteiger partial charge in [0, 0.05) is 30.6 Å². The zero-order valence-electron chi connectivity index (χ0n) is 11.3. The molecule has 0 bridgehead atoms. The van der Waals surface area contributed by atoms with E-state index in [1.165, 1.54) is 0 Å². The first-order chi connectivity index (χ1) is 10.2. The van der Waals surface area contributed by atoms with Gasteiger partial charge in [-0.25, -0.2) is 4.79 Å². The molecule has 1 aliphatic heterocycles.